The summed E-state index contributed by atoms with van der Waals surface area (Å²) in [6, 6.07) is 0. The third-order valence-electron chi connectivity index (χ3n) is 1.73. The van der Waals surface area contributed by atoms with Crippen LogP contribution in [0.5, 0.6) is 0 Å². The molecular weight excluding hydrogens is 108 g/mol. The molecule has 0 N–H and O–H groups in total. The van der Waals surface area contributed by atoms with Crippen molar-refractivity contribution in [3.63, 3.8) is 0 Å². The molecule has 0 atom stereocenters. The van der Waals surface area contributed by atoms with Crippen molar-refractivity contribution in [2.45, 2.75) is 48.5 Å². The fourth-order valence-electron chi connectivity index (χ4n) is 0. The van der Waals surface area contributed by atoms with Gasteiger partial charge < -0.3 is 0 Å². The minimum atomic E-state index is 0.500. The van der Waals surface area contributed by atoms with Crippen LogP contribution in [0.3, 0.4) is 0 Å². The lowest BCUT2D eigenvalue weighted by Gasteiger charge is -2.22. The Morgan fingerprint density at radius 2 is 1.00 bits per heavy atom. The second-order valence-electron chi connectivity index (χ2n) is 3.52. The van der Waals surface area contributed by atoms with Gasteiger partial charge in [-0.05, 0) is 11.3 Å². The molecule has 0 fully saturated rings. The Bertz CT molecular complexity index is 45.5. The summed E-state index contributed by atoms with van der Waals surface area (Å²) in [5.41, 5.74) is 0.500. The van der Waals surface area contributed by atoms with Crippen molar-refractivity contribution < 1.29 is 0 Å². The molecule has 0 aliphatic carbocycles. The van der Waals surface area contributed by atoms with E-state index in [1.807, 2.05) is 13.8 Å². The Hall–Kier alpha value is 0. The van der Waals surface area contributed by atoms with Gasteiger partial charge in [0.25, 0.3) is 0 Å². The average molecular weight is 130 g/mol. The van der Waals surface area contributed by atoms with Gasteiger partial charge >= 0.3 is 0 Å². The molecule has 0 rings (SSSR count). The number of rotatable bonds is 0. The molecule has 0 saturated carbocycles. The SMILES string of the molecule is CC.CC(C)C(C)(C)C. The molecule has 0 radical (unpaired) electrons. The normalized spacial score (nSPS) is 10.7. The van der Waals surface area contributed by atoms with E-state index >= 15 is 0 Å². The highest BCUT2D eigenvalue weighted by Gasteiger charge is 2.13. The second kappa shape index (κ2) is 4.84. The smallest absolute Gasteiger partial charge is 0.0360 e. The van der Waals surface area contributed by atoms with E-state index in [1.54, 1.807) is 0 Å². The molecule has 0 aliphatic heterocycles. The van der Waals surface area contributed by atoms with Gasteiger partial charge in [0, 0.05) is 0 Å². The van der Waals surface area contributed by atoms with E-state index < -0.39 is 0 Å². The quantitative estimate of drug-likeness (QED) is 0.469. The summed E-state index contributed by atoms with van der Waals surface area (Å²) in [5, 5.41) is 0. The minimum absolute atomic E-state index is 0.500. The molecule has 0 saturated heterocycles. The number of hydrogen-bond donors (Lipinski definition) is 0. The van der Waals surface area contributed by atoms with E-state index in [0.717, 1.165) is 5.92 Å². The van der Waals surface area contributed by atoms with Gasteiger partial charge in [0.05, 0.1) is 0 Å². The highest BCUT2D eigenvalue weighted by molar-refractivity contribution is 4.64. The summed E-state index contributed by atoms with van der Waals surface area (Å²) >= 11 is 0. The van der Waals surface area contributed by atoms with Crippen molar-refractivity contribution in [1.82, 2.24) is 0 Å². The van der Waals surface area contributed by atoms with E-state index in [0.29, 0.717) is 5.41 Å². The van der Waals surface area contributed by atoms with Crippen molar-refractivity contribution in [3.8, 4) is 0 Å². The van der Waals surface area contributed by atoms with E-state index in [2.05, 4.69) is 34.6 Å². The molecule has 0 aromatic rings. The van der Waals surface area contributed by atoms with Crippen LogP contribution in [-0.2, 0) is 0 Å². The van der Waals surface area contributed by atoms with Crippen LogP contribution >= 0.6 is 0 Å². The van der Waals surface area contributed by atoms with Gasteiger partial charge in [-0.3, -0.25) is 0 Å². The van der Waals surface area contributed by atoms with Gasteiger partial charge in [0.15, 0.2) is 0 Å². The van der Waals surface area contributed by atoms with Crippen LogP contribution < -0.4 is 0 Å². The Morgan fingerprint density at radius 1 is 0.889 bits per heavy atom. The Balaban J connectivity index is 0. The first kappa shape index (κ1) is 11.8. The summed E-state index contributed by atoms with van der Waals surface area (Å²) in [7, 11) is 0. The third-order valence-corrected chi connectivity index (χ3v) is 1.73. The van der Waals surface area contributed by atoms with Crippen LogP contribution in [0.25, 0.3) is 0 Å². The molecule has 0 aromatic heterocycles. The van der Waals surface area contributed by atoms with Crippen LogP contribution in [0, 0.1) is 11.3 Å². The fourth-order valence-corrected chi connectivity index (χ4v) is 0. The van der Waals surface area contributed by atoms with Gasteiger partial charge in [-0.15, -0.1) is 0 Å². The molecule has 0 bridgehead atoms. The molecular formula is C9H22. The van der Waals surface area contributed by atoms with E-state index in [9.17, 15) is 0 Å². The monoisotopic (exact) mass is 130 g/mol. The molecule has 58 valence electrons. The average Bonchev–Trinajstić information content (AvgIpc) is 1.69. The standard InChI is InChI=1S/C7H16.C2H6/c1-6(2)7(3,4)5;1-2/h6H,1-5H3;1-2H3. The van der Waals surface area contributed by atoms with Crippen LogP contribution in [0.4, 0.5) is 0 Å². The van der Waals surface area contributed by atoms with Crippen molar-refractivity contribution in [1.29, 1.82) is 0 Å². The molecule has 0 heteroatoms. The molecule has 0 nitrogen and oxygen atoms in total. The van der Waals surface area contributed by atoms with Crippen LogP contribution in [-0.4, -0.2) is 0 Å². The molecule has 9 heavy (non-hydrogen) atoms. The zero-order valence-electron chi connectivity index (χ0n) is 8.08. The molecule has 0 aromatic carbocycles. The van der Waals surface area contributed by atoms with Gasteiger partial charge in [0.1, 0.15) is 0 Å². The second-order valence-corrected chi connectivity index (χ2v) is 3.52. The van der Waals surface area contributed by atoms with Gasteiger partial charge in [-0.2, -0.15) is 0 Å². The molecule has 0 unspecified atom stereocenters. The Morgan fingerprint density at radius 3 is 1.00 bits per heavy atom. The van der Waals surface area contributed by atoms with Gasteiger partial charge in [-0.1, -0.05) is 48.5 Å². The van der Waals surface area contributed by atoms with Crippen LogP contribution in [0.2, 0.25) is 0 Å². The zero-order valence-corrected chi connectivity index (χ0v) is 8.08. The molecule has 0 spiro atoms. The summed E-state index contributed by atoms with van der Waals surface area (Å²) < 4.78 is 0. The maximum atomic E-state index is 2.26. The predicted octanol–water partition coefficient (Wildman–Crippen LogP) is 3.71. The highest BCUT2D eigenvalue weighted by atomic mass is 14.2. The first-order valence-corrected chi connectivity index (χ1v) is 3.94. The van der Waals surface area contributed by atoms with Crippen LogP contribution in [0.15, 0.2) is 0 Å². The maximum Gasteiger partial charge on any atom is -0.0360 e. The summed E-state index contributed by atoms with van der Waals surface area (Å²) in [6.07, 6.45) is 0. The summed E-state index contributed by atoms with van der Waals surface area (Å²) in [6.45, 7) is 15.3. The summed E-state index contributed by atoms with van der Waals surface area (Å²) in [5.74, 6) is 0.799. The van der Waals surface area contributed by atoms with Gasteiger partial charge in [0.2, 0.25) is 0 Å². The lowest BCUT2D eigenvalue weighted by Crippen LogP contribution is -2.12. The lowest BCUT2D eigenvalue weighted by molar-refractivity contribution is 0.283. The van der Waals surface area contributed by atoms with E-state index in [4.69, 9.17) is 0 Å². The first-order chi connectivity index (χ1) is 3.94. The third kappa shape index (κ3) is 8.00. The largest absolute Gasteiger partial charge is 0.0683 e. The molecule has 0 heterocycles. The summed E-state index contributed by atoms with van der Waals surface area (Å²) in [4.78, 5) is 0. The predicted molar refractivity (Wildman–Crippen MR) is 45.6 cm³/mol. The highest BCUT2D eigenvalue weighted by Crippen LogP contribution is 2.23. The number of hydrogen-bond acceptors (Lipinski definition) is 0. The van der Waals surface area contributed by atoms with Crippen molar-refractivity contribution in [3.05, 3.63) is 0 Å². The zero-order chi connectivity index (χ0) is 8.08. The lowest BCUT2D eigenvalue weighted by atomic mass is 9.84. The molecule has 0 amide bonds. The Kier molecular flexibility index (Phi) is 6.32. The fraction of sp³-hybridized carbons (Fsp3) is 1.00. The maximum absolute atomic E-state index is 2.26. The van der Waals surface area contributed by atoms with E-state index in [1.165, 1.54) is 0 Å². The van der Waals surface area contributed by atoms with Crippen molar-refractivity contribution in [2.75, 3.05) is 0 Å². The Labute approximate surface area is 60.7 Å². The topological polar surface area (TPSA) is 0 Å². The first-order valence-electron chi connectivity index (χ1n) is 3.94. The minimum Gasteiger partial charge on any atom is -0.0683 e. The molecule has 0 aliphatic rings. The van der Waals surface area contributed by atoms with Crippen LogP contribution in [0.1, 0.15) is 48.5 Å². The van der Waals surface area contributed by atoms with E-state index in [-0.39, 0.29) is 0 Å². The van der Waals surface area contributed by atoms with Crippen molar-refractivity contribution in [2.24, 2.45) is 11.3 Å². The van der Waals surface area contributed by atoms with Crippen molar-refractivity contribution >= 4 is 0 Å². The van der Waals surface area contributed by atoms with Gasteiger partial charge in [-0.25, -0.2) is 0 Å².